The van der Waals surface area contributed by atoms with Crippen LogP contribution < -0.4 is 15.8 Å². The second-order valence-corrected chi connectivity index (χ2v) is 7.85. The predicted octanol–water partition coefficient (Wildman–Crippen LogP) is 4.43. The van der Waals surface area contributed by atoms with E-state index >= 15 is 0 Å². The number of rotatable bonds is 5. The van der Waals surface area contributed by atoms with Crippen molar-refractivity contribution >= 4 is 17.0 Å². The highest BCUT2D eigenvalue weighted by molar-refractivity contribution is 5.79. The third kappa shape index (κ3) is 3.61. The fraction of sp³-hybridized carbons (Fsp3) is 0.200. The van der Waals surface area contributed by atoms with Gasteiger partial charge < -0.3 is 14.5 Å². The lowest BCUT2D eigenvalue weighted by molar-refractivity contribution is -0.122. The van der Waals surface area contributed by atoms with Crippen LogP contribution in [0.3, 0.4) is 0 Å². The van der Waals surface area contributed by atoms with Crippen molar-refractivity contribution in [2.75, 3.05) is 0 Å². The van der Waals surface area contributed by atoms with Crippen LogP contribution in [0.25, 0.3) is 11.1 Å². The number of carbonyl (C=O) groups excluding carboxylic acids is 1. The van der Waals surface area contributed by atoms with Gasteiger partial charge in [0, 0.05) is 36.1 Å². The minimum atomic E-state index is -0.422. The monoisotopic (exact) mass is 414 g/mol. The van der Waals surface area contributed by atoms with E-state index in [4.69, 9.17) is 9.15 Å². The number of hydrogen-bond acceptors (Lipinski definition) is 4. The van der Waals surface area contributed by atoms with E-state index in [0.29, 0.717) is 18.5 Å². The maximum atomic E-state index is 13.0. The van der Waals surface area contributed by atoms with Gasteiger partial charge in [0.25, 0.3) is 0 Å². The van der Waals surface area contributed by atoms with Gasteiger partial charge in [0.15, 0.2) is 5.58 Å². The van der Waals surface area contributed by atoms with Gasteiger partial charge in [-0.3, -0.25) is 9.36 Å². The Bertz CT molecular complexity index is 1270. The van der Waals surface area contributed by atoms with Gasteiger partial charge >= 0.3 is 5.76 Å². The maximum absolute atomic E-state index is 13.0. The van der Waals surface area contributed by atoms with Crippen molar-refractivity contribution in [3.05, 3.63) is 94.5 Å². The highest BCUT2D eigenvalue weighted by Gasteiger charge is 2.29. The smallest absolute Gasteiger partial charge is 0.420 e. The summed E-state index contributed by atoms with van der Waals surface area (Å²) in [7, 11) is 0. The molecule has 0 aliphatic carbocycles. The van der Waals surface area contributed by atoms with Crippen molar-refractivity contribution in [1.82, 2.24) is 9.88 Å². The van der Waals surface area contributed by atoms with E-state index in [1.165, 1.54) is 0 Å². The molecule has 1 aliphatic heterocycles. The minimum Gasteiger partial charge on any atom is -0.457 e. The first-order valence-corrected chi connectivity index (χ1v) is 10.3. The van der Waals surface area contributed by atoms with Crippen LogP contribution >= 0.6 is 0 Å². The van der Waals surface area contributed by atoms with E-state index in [-0.39, 0.29) is 17.9 Å². The summed E-state index contributed by atoms with van der Waals surface area (Å²) < 4.78 is 12.9. The molecule has 1 atom stereocenters. The van der Waals surface area contributed by atoms with Crippen LogP contribution in [0.4, 0.5) is 0 Å². The zero-order valence-electron chi connectivity index (χ0n) is 17.1. The molecule has 1 N–H and O–H groups in total. The van der Waals surface area contributed by atoms with Gasteiger partial charge in [-0.05, 0) is 31.2 Å². The number of amides is 1. The lowest BCUT2D eigenvalue weighted by Gasteiger charge is -2.28. The molecule has 0 bridgehead atoms. The summed E-state index contributed by atoms with van der Waals surface area (Å²) in [5.41, 5.74) is 3.27. The Morgan fingerprint density at radius 3 is 2.29 bits per heavy atom. The molecule has 1 aromatic heterocycles. The number of hydrogen-bond donors (Lipinski definition) is 1. The summed E-state index contributed by atoms with van der Waals surface area (Å²) in [5, 5.41) is 3.04. The van der Waals surface area contributed by atoms with Crippen LogP contribution in [0.15, 0.2) is 82.0 Å². The molecule has 1 amide bonds. The van der Waals surface area contributed by atoms with Crippen LogP contribution in [-0.2, 0) is 11.3 Å². The standard InChI is InChI=1S/C25H22N2O4/c1-16(15-27-20-10-4-7-13-23(20)31-25(27)29)26-24(28)14-19-17-8-2-5-11-21(17)30-22-12-6-3-9-18(19)22/h2-13,16,19H,14-15H2,1H3,(H,26,28)/t16-/m0/s1. The molecule has 5 rings (SSSR count). The number of carbonyl (C=O) groups is 1. The summed E-state index contributed by atoms with van der Waals surface area (Å²) in [6, 6.07) is 22.7. The molecule has 0 unspecified atom stereocenters. The fourth-order valence-electron chi connectivity index (χ4n) is 4.25. The van der Waals surface area contributed by atoms with Crippen LogP contribution in [0.1, 0.15) is 30.4 Å². The van der Waals surface area contributed by atoms with Crippen molar-refractivity contribution in [2.45, 2.75) is 31.8 Å². The first kappa shape index (κ1) is 19.2. The molecule has 0 saturated heterocycles. The number of nitrogens with one attached hydrogen (secondary N) is 1. The molecule has 2 heterocycles. The van der Waals surface area contributed by atoms with Gasteiger partial charge in [0.05, 0.1) is 5.52 Å². The number of oxazole rings is 1. The third-order valence-electron chi connectivity index (χ3n) is 5.64. The first-order chi connectivity index (χ1) is 15.1. The topological polar surface area (TPSA) is 73.5 Å². The van der Waals surface area contributed by atoms with E-state index in [1.807, 2.05) is 73.7 Å². The summed E-state index contributed by atoms with van der Waals surface area (Å²) >= 11 is 0. The Morgan fingerprint density at radius 2 is 1.58 bits per heavy atom. The number of ether oxygens (including phenoxy) is 1. The fourth-order valence-corrected chi connectivity index (χ4v) is 4.25. The van der Waals surface area contributed by atoms with E-state index in [9.17, 15) is 9.59 Å². The van der Waals surface area contributed by atoms with Crippen molar-refractivity contribution in [3.63, 3.8) is 0 Å². The van der Waals surface area contributed by atoms with Crippen LogP contribution in [0.5, 0.6) is 11.5 Å². The molecule has 1 aliphatic rings. The molecule has 0 saturated carbocycles. The highest BCUT2D eigenvalue weighted by Crippen LogP contribution is 2.45. The second kappa shape index (κ2) is 7.80. The van der Waals surface area contributed by atoms with E-state index in [2.05, 4.69) is 5.32 Å². The van der Waals surface area contributed by atoms with E-state index in [0.717, 1.165) is 28.1 Å². The number of nitrogens with zero attached hydrogens (tertiary/aromatic N) is 1. The Morgan fingerprint density at radius 1 is 0.968 bits per heavy atom. The molecule has 31 heavy (non-hydrogen) atoms. The number of para-hydroxylation sites is 4. The van der Waals surface area contributed by atoms with Gasteiger partial charge in [-0.2, -0.15) is 0 Å². The van der Waals surface area contributed by atoms with Crippen LogP contribution in [0, 0.1) is 0 Å². The Hall–Kier alpha value is -3.80. The van der Waals surface area contributed by atoms with Gasteiger partial charge in [-0.15, -0.1) is 0 Å². The summed E-state index contributed by atoms with van der Waals surface area (Å²) in [5.74, 6) is 0.970. The number of aromatic nitrogens is 1. The molecular weight excluding hydrogens is 392 g/mol. The predicted molar refractivity (Wildman–Crippen MR) is 117 cm³/mol. The average Bonchev–Trinajstić information content (AvgIpc) is 3.08. The molecular formula is C25H22N2O4. The maximum Gasteiger partial charge on any atom is 0.420 e. The third-order valence-corrected chi connectivity index (χ3v) is 5.64. The zero-order chi connectivity index (χ0) is 21.4. The van der Waals surface area contributed by atoms with Crippen molar-refractivity contribution < 1.29 is 13.9 Å². The Balaban J connectivity index is 1.34. The minimum absolute atomic E-state index is 0.0788. The van der Waals surface area contributed by atoms with Gasteiger partial charge in [0.1, 0.15) is 11.5 Å². The lowest BCUT2D eigenvalue weighted by Crippen LogP contribution is -2.38. The molecule has 4 aromatic rings. The molecule has 0 radical (unpaired) electrons. The van der Waals surface area contributed by atoms with Crippen LogP contribution in [0.2, 0.25) is 0 Å². The molecule has 6 nitrogen and oxygen atoms in total. The van der Waals surface area contributed by atoms with Crippen molar-refractivity contribution in [3.8, 4) is 11.5 Å². The Labute approximate surface area is 179 Å². The second-order valence-electron chi connectivity index (χ2n) is 7.85. The molecule has 3 aromatic carbocycles. The highest BCUT2D eigenvalue weighted by atomic mass is 16.5. The summed E-state index contributed by atoms with van der Waals surface area (Å²) in [6.07, 6.45) is 0.294. The molecule has 6 heteroatoms. The Kier molecular flexibility index (Phi) is 4.82. The summed E-state index contributed by atoms with van der Waals surface area (Å²) in [6.45, 7) is 2.22. The van der Waals surface area contributed by atoms with Gasteiger partial charge in [0.2, 0.25) is 5.91 Å². The normalized spacial score (nSPS) is 13.8. The quantitative estimate of drug-likeness (QED) is 0.524. The SMILES string of the molecule is C[C@@H](Cn1c(=O)oc2ccccc21)NC(=O)CC1c2ccccc2Oc2ccccc21. The summed E-state index contributed by atoms with van der Waals surface area (Å²) in [4.78, 5) is 25.2. The molecule has 0 fully saturated rings. The van der Waals surface area contributed by atoms with Crippen molar-refractivity contribution in [1.29, 1.82) is 0 Å². The van der Waals surface area contributed by atoms with Gasteiger partial charge in [-0.25, -0.2) is 4.79 Å². The lowest BCUT2D eigenvalue weighted by atomic mass is 9.85. The first-order valence-electron chi connectivity index (χ1n) is 10.3. The zero-order valence-corrected chi connectivity index (χ0v) is 17.1. The average molecular weight is 414 g/mol. The van der Waals surface area contributed by atoms with Gasteiger partial charge in [-0.1, -0.05) is 48.5 Å². The van der Waals surface area contributed by atoms with E-state index in [1.54, 1.807) is 10.6 Å². The van der Waals surface area contributed by atoms with E-state index < -0.39 is 5.76 Å². The number of fused-ring (bicyclic) bond motifs is 3. The number of benzene rings is 3. The molecule has 0 spiro atoms. The van der Waals surface area contributed by atoms with Crippen molar-refractivity contribution in [2.24, 2.45) is 0 Å². The molecule has 156 valence electrons. The van der Waals surface area contributed by atoms with Crippen LogP contribution in [-0.4, -0.2) is 16.5 Å². The largest absolute Gasteiger partial charge is 0.457 e.